The van der Waals surface area contributed by atoms with Crippen LogP contribution in [0.4, 0.5) is 14.6 Å². The summed E-state index contributed by atoms with van der Waals surface area (Å²) >= 11 is 0. The summed E-state index contributed by atoms with van der Waals surface area (Å²) in [5.41, 5.74) is 1.62. The topological polar surface area (TPSA) is 119 Å². The predicted molar refractivity (Wildman–Crippen MR) is 47.2 cm³/mol. The highest BCUT2D eigenvalue weighted by molar-refractivity contribution is 5.96. The molecule has 16 heavy (non-hydrogen) atoms. The lowest BCUT2D eigenvalue weighted by Crippen LogP contribution is -2.24. The fourth-order valence-corrected chi connectivity index (χ4v) is 1.06. The van der Waals surface area contributed by atoms with Gasteiger partial charge in [0.2, 0.25) is 5.43 Å². The van der Waals surface area contributed by atoms with E-state index in [1.54, 1.807) is 4.98 Å². The van der Waals surface area contributed by atoms with Gasteiger partial charge in [0.1, 0.15) is 0 Å². The maximum atomic E-state index is 12.2. The van der Waals surface area contributed by atoms with Gasteiger partial charge in [-0.05, 0) is 4.92 Å². The summed E-state index contributed by atoms with van der Waals surface area (Å²) in [6.45, 7) is 0. The number of amides is 1. The fraction of sp³-hybridized carbons (Fsp3) is 0.143. The number of alkyl halides is 2. The highest BCUT2D eigenvalue weighted by Gasteiger charge is 2.25. The molecule has 0 fully saturated rings. The van der Waals surface area contributed by atoms with Gasteiger partial charge < -0.3 is 15.8 Å². The molecule has 0 aliphatic rings. The van der Waals surface area contributed by atoms with E-state index >= 15 is 0 Å². The molecule has 9 heteroatoms. The Morgan fingerprint density at radius 2 is 2.12 bits per heavy atom. The normalized spacial score (nSPS) is 10.4. The Kier molecular flexibility index (Phi) is 2.97. The Labute approximate surface area is 86.0 Å². The molecular formula is C7H5F2N3O4. The number of carbonyl (C=O) groups is 1. The van der Waals surface area contributed by atoms with Gasteiger partial charge in [-0.25, -0.2) is 13.8 Å². The van der Waals surface area contributed by atoms with Crippen molar-refractivity contribution in [3.8, 4) is 0 Å². The third-order valence-corrected chi connectivity index (χ3v) is 1.70. The van der Waals surface area contributed by atoms with Gasteiger partial charge in [-0.1, -0.05) is 0 Å². The number of hydrogen-bond acceptors (Lipinski definition) is 4. The van der Waals surface area contributed by atoms with E-state index in [4.69, 9.17) is 5.73 Å². The summed E-state index contributed by atoms with van der Waals surface area (Å²) in [6, 6.07) is 0.401. The van der Waals surface area contributed by atoms with Crippen molar-refractivity contribution in [2.45, 2.75) is 6.43 Å². The fourth-order valence-electron chi connectivity index (χ4n) is 1.06. The number of pyridine rings is 1. The van der Waals surface area contributed by atoms with Gasteiger partial charge in [-0.15, -0.1) is 0 Å². The van der Waals surface area contributed by atoms with Crippen LogP contribution in [0.5, 0.6) is 0 Å². The molecule has 0 unspecified atom stereocenters. The van der Waals surface area contributed by atoms with Crippen molar-refractivity contribution in [2.75, 3.05) is 0 Å². The van der Waals surface area contributed by atoms with Crippen molar-refractivity contribution in [2.24, 2.45) is 5.73 Å². The van der Waals surface area contributed by atoms with Crippen LogP contribution in [0.25, 0.3) is 0 Å². The van der Waals surface area contributed by atoms with Crippen molar-refractivity contribution in [3.63, 3.8) is 0 Å². The molecule has 1 aromatic rings. The summed E-state index contributed by atoms with van der Waals surface area (Å²) in [6.07, 6.45) is -3.09. The average molecular weight is 233 g/mol. The molecule has 0 aliphatic carbocycles. The smallest absolute Gasteiger partial charge is 0.338 e. The minimum absolute atomic E-state index is 0.401. The Balaban J connectivity index is 3.59. The van der Waals surface area contributed by atoms with Crippen LogP contribution in [0.1, 0.15) is 22.5 Å². The molecule has 0 aromatic carbocycles. The maximum Gasteiger partial charge on any atom is 0.338 e. The van der Waals surface area contributed by atoms with Crippen molar-refractivity contribution < 1.29 is 18.5 Å². The van der Waals surface area contributed by atoms with Crippen LogP contribution in [0.15, 0.2) is 10.9 Å². The maximum absolute atomic E-state index is 12.2. The lowest BCUT2D eigenvalue weighted by atomic mass is 10.2. The molecular weight excluding hydrogens is 228 g/mol. The predicted octanol–water partition coefficient (Wildman–Crippen LogP) is 0.320. The first-order valence-corrected chi connectivity index (χ1v) is 3.84. The zero-order valence-corrected chi connectivity index (χ0v) is 7.57. The first-order chi connectivity index (χ1) is 7.34. The van der Waals surface area contributed by atoms with Crippen LogP contribution in [0, 0.1) is 10.1 Å². The number of halogens is 2. The molecule has 7 nitrogen and oxygen atoms in total. The second-order valence-corrected chi connectivity index (χ2v) is 2.73. The summed E-state index contributed by atoms with van der Waals surface area (Å²) in [5, 5.41) is 10.4. The monoisotopic (exact) mass is 233 g/mol. The van der Waals surface area contributed by atoms with Gasteiger partial charge in [0.15, 0.2) is 11.3 Å². The molecule has 0 atom stereocenters. The van der Waals surface area contributed by atoms with Crippen molar-refractivity contribution in [3.05, 3.63) is 37.7 Å². The lowest BCUT2D eigenvalue weighted by molar-refractivity contribution is -0.390. The van der Waals surface area contributed by atoms with E-state index in [0.29, 0.717) is 6.07 Å². The molecule has 0 bridgehead atoms. The Hall–Kier alpha value is -2.32. The minimum Gasteiger partial charge on any atom is -0.365 e. The SMILES string of the molecule is NC(=O)c1c([N+](=O)[O-])[nH]c(C(F)F)cc1=O. The molecule has 1 rings (SSSR count). The summed E-state index contributed by atoms with van der Waals surface area (Å²) in [7, 11) is 0. The largest absolute Gasteiger partial charge is 0.365 e. The van der Waals surface area contributed by atoms with Gasteiger partial charge >= 0.3 is 5.82 Å². The number of aromatic nitrogens is 1. The number of nitrogens with one attached hydrogen (secondary N) is 1. The zero-order valence-electron chi connectivity index (χ0n) is 7.57. The number of rotatable bonds is 3. The Morgan fingerprint density at radius 3 is 2.50 bits per heavy atom. The van der Waals surface area contributed by atoms with E-state index in [2.05, 4.69) is 0 Å². The number of nitro groups is 1. The highest BCUT2D eigenvalue weighted by atomic mass is 19.3. The summed E-state index contributed by atoms with van der Waals surface area (Å²) < 4.78 is 24.4. The summed E-state index contributed by atoms with van der Waals surface area (Å²) in [4.78, 5) is 32.9. The van der Waals surface area contributed by atoms with Gasteiger partial charge in [0.25, 0.3) is 12.3 Å². The van der Waals surface area contributed by atoms with E-state index in [-0.39, 0.29) is 0 Å². The molecule has 1 heterocycles. The third-order valence-electron chi connectivity index (χ3n) is 1.70. The van der Waals surface area contributed by atoms with Crippen LogP contribution in [0.2, 0.25) is 0 Å². The number of primary amides is 1. The van der Waals surface area contributed by atoms with E-state index in [1.165, 1.54) is 0 Å². The first kappa shape index (κ1) is 11.8. The quantitative estimate of drug-likeness (QED) is 0.576. The van der Waals surface area contributed by atoms with E-state index in [1.807, 2.05) is 0 Å². The van der Waals surface area contributed by atoms with Gasteiger partial charge in [-0.2, -0.15) is 0 Å². The number of hydrogen-bond donors (Lipinski definition) is 2. The molecule has 1 aromatic heterocycles. The van der Waals surface area contributed by atoms with Crippen molar-refractivity contribution in [1.29, 1.82) is 0 Å². The number of nitrogens with two attached hydrogens (primary N) is 1. The molecule has 3 N–H and O–H groups in total. The van der Waals surface area contributed by atoms with Crippen LogP contribution in [0.3, 0.4) is 0 Å². The van der Waals surface area contributed by atoms with E-state index < -0.39 is 39.8 Å². The minimum atomic E-state index is -3.09. The molecule has 86 valence electrons. The Morgan fingerprint density at radius 1 is 1.56 bits per heavy atom. The number of nitrogens with zero attached hydrogens (tertiary/aromatic N) is 1. The standard InChI is InChI=1S/C7H5F2N3O4/c8-5(9)2-1-3(13)4(6(10)14)7(11-2)12(15)16/h1,5H,(H2,10,14)(H,11,13). The number of carbonyl (C=O) groups excluding carboxylic acids is 1. The molecule has 0 saturated heterocycles. The molecule has 0 saturated carbocycles. The zero-order chi connectivity index (χ0) is 12.5. The van der Waals surface area contributed by atoms with Gasteiger partial charge in [0, 0.05) is 6.07 Å². The summed E-state index contributed by atoms with van der Waals surface area (Å²) in [5.74, 6) is -2.48. The lowest BCUT2D eigenvalue weighted by Gasteiger charge is -2.02. The highest BCUT2D eigenvalue weighted by Crippen LogP contribution is 2.19. The van der Waals surface area contributed by atoms with Crippen molar-refractivity contribution in [1.82, 2.24) is 4.98 Å². The number of aromatic amines is 1. The van der Waals surface area contributed by atoms with Crippen LogP contribution in [-0.4, -0.2) is 15.8 Å². The third kappa shape index (κ3) is 2.02. The van der Waals surface area contributed by atoms with Gasteiger partial charge in [0.05, 0.1) is 0 Å². The number of H-pyrrole nitrogens is 1. The van der Waals surface area contributed by atoms with E-state index in [9.17, 15) is 28.5 Å². The van der Waals surface area contributed by atoms with Crippen LogP contribution >= 0.6 is 0 Å². The average Bonchev–Trinajstić information content (AvgIpc) is 2.15. The van der Waals surface area contributed by atoms with Crippen molar-refractivity contribution >= 4 is 11.7 Å². The Bertz CT molecular complexity index is 511. The molecule has 1 amide bonds. The van der Waals surface area contributed by atoms with E-state index in [0.717, 1.165) is 0 Å². The molecule has 0 aliphatic heterocycles. The second-order valence-electron chi connectivity index (χ2n) is 2.73. The molecule has 0 spiro atoms. The van der Waals surface area contributed by atoms with Gasteiger partial charge in [-0.3, -0.25) is 9.59 Å². The second kappa shape index (κ2) is 4.04. The van der Waals surface area contributed by atoms with Crippen LogP contribution in [-0.2, 0) is 0 Å². The molecule has 0 radical (unpaired) electrons. The van der Waals surface area contributed by atoms with Crippen LogP contribution < -0.4 is 11.2 Å². The first-order valence-electron chi connectivity index (χ1n) is 3.84.